The number of aromatic nitrogens is 1. The first-order valence-corrected chi connectivity index (χ1v) is 2.47. The maximum atomic E-state index is 7.50. The standard InChI is InChI=1S/C6H7N.HNO/c1-6-4-2-3-5-7-6;1-2/h2-5H,1H3;1H. The topological polar surface area (TPSA) is 53.8 Å². The lowest BCUT2D eigenvalue weighted by Crippen LogP contribution is -1.72. The van der Waals surface area contributed by atoms with Crippen molar-refractivity contribution in [1.29, 1.82) is 5.59 Å². The van der Waals surface area contributed by atoms with Crippen LogP contribution in [0.5, 0.6) is 0 Å². The largest absolute Gasteiger partial charge is 0.262 e. The Labute approximate surface area is 53.5 Å². The number of nitrogens with one attached hydrogen (secondary N) is 1. The van der Waals surface area contributed by atoms with Crippen LogP contribution in [0.2, 0.25) is 0 Å². The summed E-state index contributed by atoms with van der Waals surface area (Å²) < 4.78 is 0. The van der Waals surface area contributed by atoms with E-state index in [4.69, 9.17) is 4.91 Å². The molecule has 0 spiro atoms. The minimum absolute atomic E-state index is 1.07. The number of hydrogen-bond acceptors (Lipinski definition) is 3. The molecule has 0 atom stereocenters. The van der Waals surface area contributed by atoms with E-state index >= 15 is 0 Å². The molecule has 0 saturated heterocycles. The van der Waals surface area contributed by atoms with Gasteiger partial charge in [-0.05, 0) is 19.1 Å². The highest BCUT2D eigenvalue weighted by Gasteiger charge is 1.73. The lowest BCUT2D eigenvalue weighted by atomic mass is 10.4. The summed E-state index contributed by atoms with van der Waals surface area (Å²) in [6, 6.07) is 5.86. The van der Waals surface area contributed by atoms with Gasteiger partial charge in [-0.1, -0.05) is 11.7 Å². The third-order valence-corrected chi connectivity index (χ3v) is 0.813. The van der Waals surface area contributed by atoms with E-state index in [-0.39, 0.29) is 0 Å². The van der Waals surface area contributed by atoms with E-state index < -0.39 is 0 Å². The van der Waals surface area contributed by atoms with E-state index in [1.54, 1.807) is 6.20 Å². The Kier molecular flexibility index (Phi) is 4.22. The van der Waals surface area contributed by atoms with Crippen LogP contribution in [0, 0.1) is 17.4 Å². The Balaban J connectivity index is 0.000000291. The Morgan fingerprint density at radius 3 is 2.33 bits per heavy atom. The Morgan fingerprint density at radius 2 is 2.11 bits per heavy atom. The van der Waals surface area contributed by atoms with Crippen LogP contribution in [0.15, 0.2) is 24.4 Å². The maximum absolute atomic E-state index is 7.50. The highest BCUT2D eigenvalue weighted by molar-refractivity contribution is 4.99. The molecule has 1 rings (SSSR count). The fourth-order valence-corrected chi connectivity index (χ4v) is 0.448. The lowest BCUT2D eigenvalue weighted by molar-refractivity contribution is 1.20. The molecule has 0 saturated carbocycles. The van der Waals surface area contributed by atoms with Crippen LogP contribution in [-0.4, -0.2) is 4.98 Å². The predicted molar refractivity (Wildman–Crippen MR) is 35.1 cm³/mol. The summed E-state index contributed by atoms with van der Waals surface area (Å²) in [5, 5.41) is 0. The Hall–Kier alpha value is -1.25. The first-order chi connectivity index (χ1) is 4.39. The van der Waals surface area contributed by atoms with Gasteiger partial charge < -0.3 is 0 Å². The van der Waals surface area contributed by atoms with Crippen molar-refractivity contribution in [2.75, 3.05) is 0 Å². The van der Waals surface area contributed by atoms with Crippen molar-refractivity contribution in [3.8, 4) is 0 Å². The van der Waals surface area contributed by atoms with E-state index in [2.05, 4.69) is 10.6 Å². The molecule has 1 aromatic rings. The van der Waals surface area contributed by atoms with Gasteiger partial charge in [0.15, 0.2) is 0 Å². The lowest BCUT2D eigenvalue weighted by Gasteiger charge is -1.82. The molecule has 1 N–H and O–H groups in total. The zero-order valence-electron chi connectivity index (χ0n) is 5.16. The van der Waals surface area contributed by atoms with Gasteiger partial charge in [0.05, 0.1) is 0 Å². The smallest absolute Gasteiger partial charge is 0.0372 e. The highest BCUT2D eigenvalue weighted by atomic mass is 16.2. The van der Waals surface area contributed by atoms with Crippen LogP contribution < -0.4 is 0 Å². The van der Waals surface area contributed by atoms with Crippen LogP contribution in [-0.2, 0) is 0 Å². The summed E-state index contributed by atoms with van der Waals surface area (Å²) in [7, 11) is 0. The molecule has 0 radical (unpaired) electrons. The van der Waals surface area contributed by atoms with Gasteiger partial charge in [-0.15, -0.1) is 0 Å². The second kappa shape index (κ2) is 4.90. The molecule has 0 fully saturated rings. The minimum atomic E-state index is 1.07. The molecule has 9 heavy (non-hydrogen) atoms. The zero-order valence-corrected chi connectivity index (χ0v) is 5.16. The normalized spacial score (nSPS) is 7.22. The number of rotatable bonds is 0. The quantitative estimate of drug-likeness (QED) is 0.535. The van der Waals surface area contributed by atoms with Crippen LogP contribution in [0.25, 0.3) is 0 Å². The average Bonchev–Trinajstić information content (AvgIpc) is 1.94. The highest BCUT2D eigenvalue weighted by Crippen LogP contribution is 1.85. The SMILES string of the molecule is Cc1ccccn1.N=O. The fraction of sp³-hybridized carbons (Fsp3) is 0.167. The van der Waals surface area contributed by atoms with E-state index in [9.17, 15) is 0 Å². The number of nitroso groups, excluding NO2 is 1. The van der Waals surface area contributed by atoms with E-state index in [0.29, 0.717) is 0 Å². The van der Waals surface area contributed by atoms with E-state index in [1.807, 2.05) is 25.1 Å². The third-order valence-electron chi connectivity index (χ3n) is 0.813. The fourth-order valence-electron chi connectivity index (χ4n) is 0.448. The number of nitrogens with zero attached hydrogens (tertiary/aromatic N) is 1. The van der Waals surface area contributed by atoms with Gasteiger partial charge in [0.25, 0.3) is 0 Å². The molecule has 0 unspecified atom stereocenters. The summed E-state index contributed by atoms with van der Waals surface area (Å²) >= 11 is 0. The van der Waals surface area contributed by atoms with Gasteiger partial charge in [0.1, 0.15) is 0 Å². The second-order valence-corrected chi connectivity index (χ2v) is 1.47. The molecule has 3 nitrogen and oxygen atoms in total. The average molecular weight is 124 g/mol. The molecular formula is C6H8N2O. The van der Waals surface area contributed by atoms with Crippen molar-refractivity contribution in [3.63, 3.8) is 0 Å². The van der Waals surface area contributed by atoms with Crippen molar-refractivity contribution in [2.24, 2.45) is 0 Å². The van der Waals surface area contributed by atoms with Crippen molar-refractivity contribution in [2.45, 2.75) is 6.92 Å². The molecule has 1 heterocycles. The van der Waals surface area contributed by atoms with E-state index in [1.165, 1.54) is 0 Å². The molecule has 48 valence electrons. The predicted octanol–water partition coefficient (Wildman–Crippen LogP) is 1.72. The summed E-state index contributed by atoms with van der Waals surface area (Å²) in [4.78, 5) is 11.5. The molecule has 0 aromatic carbocycles. The Morgan fingerprint density at radius 1 is 1.44 bits per heavy atom. The second-order valence-electron chi connectivity index (χ2n) is 1.47. The molecule has 0 bridgehead atoms. The van der Waals surface area contributed by atoms with Gasteiger partial charge in [0, 0.05) is 11.9 Å². The first kappa shape index (κ1) is 7.75. The summed E-state index contributed by atoms with van der Waals surface area (Å²) in [6.07, 6.45) is 1.79. The van der Waals surface area contributed by atoms with Crippen LogP contribution in [0.3, 0.4) is 0 Å². The first-order valence-electron chi connectivity index (χ1n) is 2.47. The monoisotopic (exact) mass is 124 g/mol. The Bertz CT molecular complexity index is 152. The summed E-state index contributed by atoms with van der Waals surface area (Å²) in [5.74, 6) is 0. The van der Waals surface area contributed by atoms with Gasteiger partial charge in [-0.3, -0.25) is 4.98 Å². The summed E-state index contributed by atoms with van der Waals surface area (Å²) in [5.41, 5.74) is 5.57. The van der Waals surface area contributed by atoms with Crippen LogP contribution in [0.4, 0.5) is 0 Å². The molecule has 0 aliphatic rings. The van der Waals surface area contributed by atoms with E-state index in [0.717, 1.165) is 5.69 Å². The number of aryl methyl sites for hydroxylation is 1. The zero-order chi connectivity index (χ0) is 7.11. The molecule has 0 amide bonds. The van der Waals surface area contributed by atoms with Crippen molar-refractivity contribution in [3.05, 3.63) is 35.0 Å². The molecule has 1 aromatic heterocycles. The van der Waals surface area contributed by atoms with Crippen molar-refractivity contribution >= 4 is 0 Å². The van der Waals surface area contributed by atoms with Gasteiger partial charge in [-0.2, -0.15) is 4.91 Å². The number of pyridine rings is 1. The van der Waals surface area contributed by atoms with Gasteiger partial charge in [-0.25, -0.2) is 0 Å². The van der Waals surface area contributed by atoms with Crippen molar-refractivity contribution < 1.29 is 0 Å². The molecule has 0 aliphatic heterocycles. The van der Waals surface area contributed by atoms with Gasteiger partial charge in [0.2, 0.25) is 0 Å². The van der Waals surface area contributed by atoms with Crippen LogP contribution in [0.1, 0.15) is 5.69 Å². The third kappa shape index (κ3) is 3.34. The molecular weight excluding hydrogens is 116 g/mol. The minimum Gasteiger partial charge on any atom is -0.262 e. The maximum Gasteiger partial charge on any atom is 0.0372 e. The van der Waals surface area contributed by atoms with Crippen molar-refractivity contribution in [1.82, 2.24) is 4.98 Å². The summed E-state index contributed by atoms with van der Waals surface area (Å²) in [6.45, 7) is 1.97. The van der Waals surface area contributed by atoms with Gasteiger partial charge >= 0.3 is 0 Å². The van der Waals surface area contributed by atoms with Crippen LogP contribution >= 0.6 is 0 Å². The molecule has 0 aliphatic carbocycles. The molecule has 3 heteroatoms. The number of hydrogen-bond donors (Lipinski definition) is 1.